The molecule has 154 valence electrons. The van der Waals surface area contributed by atoms with Gasteiger partial charge in [0.15, 0.2) is 15.5 Å². The number of dihydropyridines is 1. The smallest absolute Gasteiger partial charge is 0.327 e. The Kier molecular flexibility index (Phi) is 4.99. The summed E-state index contributed by atoms with van der Waals surface area (Å²) in [6, 6.07) is 2.37. The van der Waals surface area contributed by atoms with Gasteiger partial charge >= 0.3 is 6.18 Å². The van der Waals surface area contributed by atoms with E-state index in [1.165, 1.54) is 37.6 Å². The van der Waals surface area contributed by atoms with E-state index in [0.717, 1.165) is 6.07 Å². The standard InChI is InChI=1S/C17H15ClF3N5O2S/c1-4-29(27,28)12-5-6-13(18)25-16(12,2)15-24-9-7-11(17(19,20)21)23-10(8-22)14(9)26(15)3/h5-7,12H,4H2,1-3H3. The molecule has 1 aliphatic rings. The number of fused-ring (bicyclic) bond motifs is 1. The first kappa shape index (κ1) is 21.3. The van der Waals surface area contributed by atoms with Crippen molar-refractivity contribution in [1.29, 1.82) is 5.26 Å². The van der Waals surface area contributed by atoms with Gasteiger partial charge in [0.05, 0.1) is 5.52 Å². The maximum absolute atomic E-state index is 13.2. The molecule has 2 aromatic heterocycles. The first-order chi connectivity index (χ1) is 13.3. The number of nitrogens with zero attached hydrogens (tertiary/aromatic N) is 5. The number of hydrogen-bond acceptors (Lipinski definition) is 6. The summed E-state index contributed by atoms with van der Waals surface area (Å²) in [5.41, 5.74) is -3.35. The van der Waals surface area contributed by atoms with Crippen molar-refractivity contribution >= 4 is 37.6 Å². The molecule has 0 saturated carbocycles. The summed E-state index contributed by atoms with van der Waals surface area (Å²) in [4.78, 5) is 11.9. The number of pyridine rings is 1. The fourth-order valence-electron chi connectivity index (χ4n) is 3.41. The molecule has 3 rings (SSSR count). The highest BCUT2D eigenvalue weighted by molar-refractivity contribution is 7.92. The van der Waals surface area contributed by atoms with E-state index in [4.69, 9.17) is 11.6 Å². The number of sulfone groups is 1. The van der Waals surface area contributed by atoms with E-state index in [1.807, 2.05) is 0 Å². The largest absolute Gasteiger partial charge is 0.433 e. The van der Waals surface area contributed by atoms with Crippen LogP contribution in [0.1, 0.15) is 31.1 Å². The van der Waals surface area contributed by atoms with Crippen LogP contribution in [0.25, 0.3) is 11.0 Å². The van der Waals surface area contributed by atoms with Crippen molar-refractivity contribution in [2.24, 2.45) is 12.0 Å². The summed E-state index contributed by atoms with van der Waals surface area (Å²) < 4.78 is 66.1. The summed E-state index contributed by atoms with van der Waals surface area (Å²) >= 11 is 6.02. The first-order valence-electron chi connectivity index (χ1n) is 8.35. The molecule has 0 aliphatic carbocycles. The molecule has 2 atom stereocenters. The SMILES string of the molecule is CCS(=O)(=O)C1C=CC(Cl)=NC1(C)c1nc2cc(C(F)(F)F)nc(C#N)c2n1C. The number of rotatable bonds is 3. The number of nitriles is 1. The minimum Gasteiger partial charge on any atom is -0.327 e. The molecule has 12 heteroatoms. The Morgan fingerprint density at radius 1 is 1.38 bits per heavy atom. The predicted molar refractivity (Wildman–Crippen MR) is 101 cm³/mol. The maximum atomic E-state index is 13.2. The molecular formula is C17H15ClF3N5O2S. The fraction of sp³-hybridized carbons (Fsp3) is 0.412. The molecule has 0 spiro atoms. The van der Waals surface area contributed by atoms with Crippen molar-refractivity contribution in [2.75, 3.05) is 5.75 Å². The number of imidazole rings is 1. The molecule has 2 aromatic rings. The van der Waals surface area contributed by atoms with Crippen LogP contribution in [0.5, 0.6) is 0 Å². The molecule has 0 bridgehead atoms. The van der Waals surface area contributed by atoms with Crippen molar-refractivity contribution in [3.05, 3.63) is 35.4 Å². The summed E-state index contributed by atoms with van der Waals surface area (Å²) in [7, 11) is -2.21. The highest BCUT2D eigenvalue weighted by atomic mass is 35.5. The number of alkyl halides is 3. The number of aliphatic imine (C=N–C) groups is 1. The molecule has 0 fully saturated rings. The fourth-order valence-corrected chi connectivity index (χ4v) is 5.20. The van der Waals surface area contributed by atoms with Crippen molar-refractivity contribution in [3.63, 3.8) is 0 Å². The molecule has 2 unspecified atom stereocenters. The molecule has 0 saturated heterocycles. The van der Waals surface area contributed by atoms with E-state index < -0.39 is 38.2 Å². The van der Waals surface area contributed by atoms with Gasteiger partial charge in [-0.1, -0.05) is 24.6 Å². The van der Waals surface area contributed by atoms with Crippen LogP contribution >= 0.6 is 11.6 Å². The second-order valence-electron chi connectivity index (χ2n) is 6.64. The van der Waals surface area contributed by atoms with Gasteiger partial charge in [0.2, 0.25) is 0 Å². The van der Waals surface area contributed by atoms with Crippen LogP contribution in [0.15, 0.2) is 23.2 Å². The van der Waals surface area contributed by atoms with Gasteiger partial charge in [-0.05, 0) is 19.1 Å². The predicted octanol–water partition coefficient (Wildman–Crippen LogP) is 3.08. The van der Waals surface area contributed by atoms with Gasteiger partial charge in [0, 0.05) is 12.8 Å². The third kappa shape index (κ3) is 3.40. The average Bonchev–Trinajstić information content (AvgIpc) is 2.97. The van der Waals surface area contributed by atoms with Crippen LogP contribution < -0.4 is 0 Å². The van der Waals surface area contributed by atoms with Crippen LogP contribution in [-0.2, 0) is 28.6 Å². The Morgan fingerprint density at radius 3 is 2.59 bits per heavy atom. The lowest BCUT2D eigenvalue weighted by Crippen LogP contribution is -2.44. The molecular weight excluding hydrogens is 431 g/mol. The Balaban J connectivity index is 2.35. The van der Waals surface area contributed by atoms with Crippen LogP contribution in [-0.4, -0.2) is 39.1 Å². The first-order valence-corrected chi connectivity index (χ1v) is 10.4. The number of aromatic nitrogens is 3. The van der Waals surface area contributed by atoms with E-state index in [-0.39, 0.29) is 27.8 Å². The third-order valence-corrected chi connectivity index (χ3v) is 7.20. The molecule has 0 aromatic carbocycles. The van der Waals surface area contributed by atoms with Gasteiger partial charge in [-0.15, -0.1) is 0 Å². The average molecular weight is 446 g/mol. The molecule has 3 heterocycles. The lowest BCUT2D eigenvalue weighted by atomic mass is 9.94. The monoisotopic (exact) mass is 445 g/mol. The zero-order valence-corrected chi connectivity index (χ0v) is 17.1. The molecule has 1 aliphatic heterocycles. The summed E-state index contributed by atoms with van der Waals surface area (Å²) in [5, 5.41) is 8.20. The Morgan fingerprint density at radius 2 is 2.03 bits per heavy atom. The number of allylic oxidation sites excluding steroid dienone is 1. The summed E-state index contributed by atoms with van der Waals surface area (Å²) in [6.07, 6.45) is -2.03. The normalized spacial score (nSPS) is 22.6. The minimum absolute atomic E-state index is 0.0247. The van der Waals surface area contributed by atoms with Crippen LogP contribution in [0.4, 0.5) is 13.2 Å². The number of halogens is 4. The second-order valence-corrected chi connectivity index (χ2v) is 9.44. The molecule has 29 heavy (non-hydrogen) atoms. The van der Waals surface area contributed by atoms with E-state index in [1.54, 1.807) is 6.07 Å². The van der Waals surface area contributed by atoms with Crippen molar-refractivity contribution in [2.45, 2.75) is 30.8 Å². The molecule has 0 amide bonds. The summed E-state index contributed by atoms with van der Waals surface area (Å²) in [5.74, 6) is -0.132. The van der Waals surface area contributed by atoms with Crippen LogP contribution in [0.3, 0.4) is 0 Å². The van der Waals surface area contributed by atoms with Crippen molar-refractivity contribution in [3.8, 4) is 6.07 Å². The van der Waals surface area contributed by atoms with Crippen LogP contribution in [0.2, 0.25) is 0 Å². The minimum atomic E-state index is -4.77. The topological polar surface area (TPSA) is 101 Å². The summed E-state index contributed by atoms with van der Waals surface area (Å²) in [6.45, 7) is 2.97. The van der Waals surface area contributed by atoms with E-state index >= 15 is 0 Å². The lowest BCUT2D eigenvalue weighted by Gasteiger charge is -2.33. The van der Waals surface area contributed by atoms with Gasteiger partial charge in [0.1, 0.15) is 39.1 Å². The second kappa shape index (κ2) is 6.81. The van der Waals surface area contributed by atoms with Gasteiger partial charge in [-0.3, -0.25) is 4.99 Å². The van der Waals surface area contributed by atoms with E-state index in [0.29, 0.717) is 0 Å². The van der Waals surface area contributed by atoms with Gasteiger partial charge in [-0.2, -0.15) is 18.4 Å². The highest BCUT2D eigenvalue weighted by Gasteiger charge is 2.47. The van der Waals surface area contributed by atoms with E-state index in [2.05, 4.69) is 15.0 Å². The quantitative estimate of drug-likeness (QED) is 0.722. The third-order valence-electron chi connectivity index (χ3n) is 4.79. The molecule has 0 N–H and O–H groups in total. The zero-order valence-electron chi connectivity index (χ0n) is 15.5. The maximum Gasteiger partial charge on any atom is 0.433 e. The van der Waals surface area contributed by atoms with Gasteiger partial charge in [0.25, 0.3) is 0 Å². The highest BCUT2D eigenvalue weighted by Crippen LogP contribution is 2.39. The van der Waals surface area contributed by atoms with Gasteiger partial charge < -0.3 is 4.57 Å². The zero-order chi connectivity index (χ0) is 21.8. The van der Waals surface area contributed by atoms with Crippen molar-refractivity contribution < 1.29 is 21.6 Å². The Hall–Kier alpha value is -2.45. The lowest BCUT2D eigenvalue weighted by molar-refractivity contribution is -0.141. The number of aryl methyl sites for hydroxylation is 1. The molecule has 0 radical (unpaired) electrons. The van der Waals surface area contributed by atoms with Crippen LogP contribution in [0, 0.1) is 11.3 Å². The number of hydrogen-bond donors (Lipinski definition) is 0. The Bertz CT molecular complexity index is 1210. The van der Waals surface area contributed by atoms with Gasteiger partial charge in [-0.25, -0.2) is 18.4 Å². The molecule has 7 nitrogen and oxygen atoms in total. The van der Waals surface area contributed by atoms with Crippen molar-refractivity contribution in [1.82, 2.24) is 14.5 Å². The van der Waals surface area contributed by atoms with E-state index in [9.17, 15) is 26.9 Å². The Labute approximate surface area is 169 Å².